The van der Waals surface area contributed by atoms with Crippen molar-refractivity contribution in [3.05, 3.63) is 58.1 Å². The molecule has 0 unspecified atom stereocenters. The second-order valence-electron chi connectivity index (χ2n) is 4.27. The molecule has 0 fully saturated rings. The Kier molecular flexibility index (Phi) is 4.05. The van der Waals surface area contributed by atoms with Crippen LogP contribution in [0.1, 0.15) is 5.56 Å². The maximum Gasteiger partial charge on any atom is 0.334 e. The van der Waals surface area contributed by atoms with Gasteiger partial charge in [-0.1, -0.05) is 18.2 Å². The van der Waals surface area contributed by atoms with Gasteiger partial charge < -0.3 is 9.64 Å². The van der Waals surface area contributed by atoms with Gasteiger partial charge in [0.1, 0.15) is 11.8 Å². The van der Waals surface area contributed by atoms with Crippen LogP contribution in [0.4, 0.5) is 17.1 Å². The molecule has 0 amide bonds. The molecular formula is C15H13N3O3. The van der Waals surface area contributed by atoms with Crippen molar-refractivity contribution >= 4 is 17.1 Å². The smallest absolute Gasteiger partial charge is 0.334 e. The summed E-state index contributed by atoms with van der Waals surface area (Å²) in [5.74, 6) is 0.179. The number of methoxy groups -OCH3 is 1. The van der Waals surface area contributed by atoms with Gasteiger partial charge >= 0.3 is 5.69 Å². The molecule has 0 bridgehead atoms. The second-order valence-corrected chi connectivity index (χ2v) is 4.27. The molecule has 106 valence electrons. The van der Waals surface area contributed by atoms with Gasteiger partial charge in [0.2, 0.25) is 0 Å². The van der Waals surface area contributed by atoms with Crippen LogP contribution >= 0.6 is 0 Å². The minimum atomic E-state index is -0.486. The van der Waals surface area contributed by atoms with E-state index >= 15 is 0 Å². The van der Waals surface area contributed by atoms with Gasteiger partial charge in [-0.3, -0.25) is 10.1 Å². The van der Waals surface area contributed by atoms with Crippen molar-refractivity contribution < 1.29 is 9.66 Å². The molecule has 0 radical (unpaired) electrons. The van der Waals surface area contributed by atoms with Gasteiger partial charge in [-0.2, -0.15) is 5.26 Å². The number of anilines is 2. The highest BCUT2D eigenvalue weighted by atomic mass is 16.6. The van der Waals surface area contributed by atoms with Gasteiger partial charge in [0.15, 0.2) is 5.75 Å². The van der Waals surface area contributed by atoms with Crippen molar-refractivity contribution in [2.75, 3.05) is 19.1 Å². The molecule has 0 N–H and O–H groups in total. The van der Waals surface area contributed by atoms with Gasteiger partial charge in [0.05, 0.1) is 23.3 Å². The summed E-state index contributed by atoms with van der Waals surface area (Å²) in [7, 11) is 3.06. The predicted octanol–water partition coefficient (Wildman–Crippen LogP) is 3.24. The maximum atomic E-state index is 11.3. The summed E-state index contributed by atoms with van der Waals surface area (Å²) in [6.45, 7) is 0. The van der Waals surface area contributed by atoms with Crippen LogP contribution in [0.25, 0.3) is 0 Å². The fraction of sp³-hybridized carbons (Fsp3) is 0.133. The number of nitriles is 1. The highest BCUT2D eigenvalue weighted by Crippen LogP contribution is 2.39. The molecule has 2 aromatic rings. The van der Waals surface area contributed by atoms with Gasteiger partial charge in [0.25, 0.3) is 0 Å². The van der Waals surface area contributed by atoms with Gasteiger partial charge in [-0.25, -0.2) is 0 Å². The van der Waals surface area contributed by atoms with Crippen molar-refractivity contribution in [2.24, 2.45) is 0 Å². The molecule has 0 heterocycles. The molecular weight excluding hydrogens is 270 g/mol. The first-order valence-corrected chi connectivity index (χ1v) is 6.14. The summed E-state index contributed by atoms with van der Waals surface area (Å²) in [5, 5.41) is 20.5. The summed E-state index contributed by atoms with van der Waals surface area (Å²) in [4.78, 5) is 12.4. The van der Waals surface area contributed by atoms with Crippen LogP contribution in [0.15, 0.2) is 42.5 Å². The summed E-state index contributed by atoms with van der Waals surface area (Å²) >= 11 is 0. The highest BCUT2D eigenvalue weighted by Gasteiger charge is 2.24. The zero-order valence-corrected chi connectivity index (χ0v) is 11.6. The molecule has 6 heteroatoms. The Labute approximate surface area is 122 Å². The van der Waals surface area contributed by atoms with Crippen molar-refractivity contribution in [3.63, 3.8) is 0 Å². The van der Waals surface area contributed by atoms with E-state index in [-0.39, 0.29) is 11.4 Å². The van der Waals surface area contributed by atoms with Crippen molar-refractivity contribution in [2.45, 2.75) is 0 Å². The van der Waals surface area contributed by atoms with Crippen LogP contribution < -0.4 is 9.64 Å². The molecule has 21 heavy (non-hydrogen) atoms. The zero-order chi connectivity index (χ0) is 15.4. The molecule has 0 aliphatic carbocycles. The van der Waals surface area contributed by atoms with Crippen molar-refractivity contribution in [1.29, 1.82) is 5.26 Å². The van der Waals surface area contributed by atoms with Crippen LogP contribution in [0.5, 0.6) is 5.75 Å². The third-order valence-corrected chi connectivity index (χ3v) is 3.13. The summed E-state index contributed by atoms with van der Waals surface area (Å²) < 4.78 is 5.06. The topological polar surface area (TPSA) is 79.4 Å². The van der Waals surface area contributed by atoms with E-state index in [2.05, 4.69) is 6.07 Å². The van der Waals surface area contributed by atoms with Crippen LogP contribution in [-0.2, 0) is 0 Å². The van der Waals surface area contributed by atoms with E-state index in [4.69, 9.17) is 10.00 Å². The first-order chi connectivity index (χ1) is 10.1. The molecule has 6 nitrogen and oxygen atoms in total. The van der Waals surface area contributed by atoms with Gasteiger partial charge in [0, 0.05) is 7.05 Å². The van der Waals surface area contributed by atoms with E-state index in [1.165, 1.54) is 13.2 Å². The van der Waals surface area contributed by atoms with Gasteiger partial charge in [-0.15, -0.1) is 0 Å². The van der Waals surface area contributed by atoms with E-state index in [0.29, 0.717) is 16.9 Å². The summed E-state index contributed by atoms with van der Waals surface area (Å²) in [6.07, 6.45) is 0. The molecule has 2 aromatic carbocycles. The monoisotopic (exact) mass is 283 g/mol. The Morgan fingerprint density at radius 2 is 1.86 bits per heavy atom. The van der Waals surface area contributed by atoms with Crippen LogP contribution in [0.2, 0.25) is 0 Å². The molecule has 0 aromatic heterocycles. The molecule has 0 aliphatic rings. The number of hydrogen-bond donors (Lipinski definition) is 0. The lowest BCUT2D eigenvalue weighted by Crippen LogP contribution is -2.13. The lowest BCUT2D eigenvalue weighted by Gasteiger charge is -2.21. The average Bonchev–Trinajstić information content (AvgIpc) is 2.53. The highest BCUT2D eigenvalue weighted by molar-refractivity contribution is 5.77. The second kappa shape index (κ2) is 5.92. The average molecular weight is 283 g/mol. The fourth-order valence-corrected chi connectivity index (χ4v) is 2.12. The number of nitro benzene ring substituents is 1. The fourth-order valence-electron chi connectivity index (χ4n) is 2.12. The van der Waals surface area contributed by atoms with Gasteiger partial charge in [-0.05, 0) is 24.3 Å². The van der Waals surface area contributed by atoms with Crippen LogP contribution in [0, 0.1) is 21.4 Å². The predicted molar refractivity (Wildman–Crippen MR) is 78.9 cm³/mol. The third kappa shape index (κ3) is 2.62. The zero-order valence-electron chi connectivity index (χ0n) is 11.6. The lowest BCUT2D eigenvalue weighted by molar-refractivity contribution is -0.385. The number of nitrogens with zero attached hydrogens (tertiary/aromatic N) is 3. The normalized spacial score (nSPS) is 9.76. The van der Waals surface area contributed by atoms with E-state index < -0.39 is 4.92 Å². The SMILES string of the molecule is COc1cccc(N(C)c2ccccc2C#N)c1[N+](=O)[O-]. The summed E-state index contributed by atoms with van der Waals surface area (Å²) in [6, 6.07) is 13.8. The molecule has 0 saturated carbocycles. The molecule has 2 rings (SSSR count). The number of para-hydroxylation sites is 2. The molecule has 0 atom stereocenters. The Balaban J connectivity index is 2.61. The van der Waals surface area contributed by atoms with Crippen molar-refractivity contribution in [3.8, 4) is 11.8 Å². The van der Waals surface area contributed by atoms with E-state index in [1.54, 1.807) is 48.3 Å². The molecule has 0 spiro atoms. The minimum Gasteiger partial charge on any atom is -0.490 e. The van der Waals surface area contributed by atoms with E-state index in [9.17, 15) is 10.1 Å². The quantitative estimate of drug-likeness (QED) is 0.635. The largest absolute Gasteiger partial charge is 0.490 e. The Hall–Kier alpha value is -3.07. The number of rotatable bonds is 4. The number of benzene rings is 2. The number of hydrogen-bond acceptors (Lipinski definition) is 5. The minimum absolute atomic E-state index is 0.129. The first kappa shape index (κ1) is 14.3. The van der Waals surface area contributed by atoms with Crippen molar-refractivity contribution in [1.82, 2.24) is 0 Å². The standard InChI is InChI=1S/C15H13N3O3/c1-17(12-7-4-3-6-11(12)10-16)13-8-5-9-14(21-2)15(13)18(19)20/h3-9H,1-2H3. The Bertz CT molecular complexity index is 722. The Morgan fingerprint density at radius 1 is 1.19 bits per heavy atom. The number of ether oxygens (including phenoxy) is 1. The lowest BCUT2D eigenvalue weighted by atomic mass is 10.1. The van der Waals surface area contributed by atoms with Crippen LogP contribution in [-0.4, -0.2) is 19.1 Å². The van der Waals surface area contributed by atoms with E-state index in [1.807, 2.05) is 0 Å². The molecule has 0 aliphatic heterocycles. The Morgan fingerprint density at radius 3 is 2.48 bits per heavy atom. The summed E-state index contributed by atoms with van der Waals surface area (Å²) in [5.41, 5.74) is 1.27. The molecule has 0 saturated heterocycles. The first-order valence-electron chi connectivity index (χ1n) is 6.14. The maximum absolute atomic E-state index is 11.3. The third-order valence-electron chi connectivity index (χ3n) is 3.13. The van der Waals surface area contributed by atoms with E-state index in [0.717, 1.165) is 0 Å². The van der Waals surface area contributed by atoms with Crippen LogP contribution in [0.3, 0.4) is 0 Å². The number of nitro groups is 1.